The van der Waals surface area contributed by atoms with Gasteiger partial charge in [0.15, 0.2) is 5.65 Å². The average Bonchev–Trinajstić information content (AvgIpc) is 2.63. The number of carboxylic acids is 1. The van der Waals surface area contributed by atoms with Gasteiger partial charge in [-0.15, -0.1) is 5.10 Å². The molecule has 0 aromatic carbocycles. The molecule has 0 aliphatic carbocycles. The van der Waals surface area contributed by atoms with Gasteiger partial charge in [-0.25, -0.2) is 9.31 Å². The fourth-order valence-corrected chi connectivity index (χ4v) is 2.42. The van der Waals surface area contributed by atoms with Crippen molar-refractivity contribution in [1.29, 1.82) is 0 Å². The van der Waals surface area contributed by atoms with Gasteiger partial charge in [-0.1, -0.05) is 0 Å². The Labute approximate surface area is 115 Å². The molecule has 1 fully saturated rings. The number of aromatic carboxylic acids is 1. The Morgan fingerprint density at radius 3 is 3.05 bits per heavy atom. The number of fused-ring (bicyclic) bond motifs is 1. The van der Waals surface area contributed by atoms with E-state index < -0.39 is 5.97 Å². The molecule has 1 saturated heterocycles. The maximum atomic E-state index is 11.4. The lowest BCUT2D eigenvalue weighted by atomic mass is 10.2. The van der Waals surface area contributed by atoms with Crippen molar-refractivity contribution in [3.8, 4) is 0 Å². The van der Waals surface area contributed by atoms with E-state index in [0.717, 1.165) is 38.3 Å². The molecule has 0 atom stereocenters. The van der Waals surface area contributed by atoms with Gasteiger partial charge < -0.3 is 21.1 Å². The number of carboxylic acid groups (broad SMARTS) is 1. The lowest BCUT2D eigenvalue weighted by Crippen LogP contribution is -2.28. The first-order valence-corrected chi connectivity index (χ1v) is 6.50. The van der Waals surface area contributed by atoms with E-state index in [2.05, 4.69) is 20.3 Å². The highest BCUT2D eigenvalue weighted by molar-refractivity contribution is 5.95. The Kier molecular flexibility index (Phi) is 3.15. The summed E-state index contributed by atoms with van der Waals surface area (Å²) in [5.74, 6) is -0.959. The number of nitrogens with two attached hydrogens (primary N) is 1. The molecular weight excluding hydrogens is 260 g/mol. The van der Waals surface area contributed by atoms with Crippen LogP contribution in [0.15, 0.2) is 12.3 Å². The van der Waals surface area contributed by atoms with Crippen LogP contribution in [0.3, 0.4) is 0 Å². The number of nitrogens with one attached hydrogen (secondary N) is 1. The molecule has 1 aliphatic rings. The van der Waals surface area contributed by atoms with Crippen LogP contribution in [-0.2, 0) is 0 Å². The maximum Gasteiger partial charge on any atom is 0.339 e. The molecule has 3 heterocycles. The smallest absolute Gasteiger partial charge is 0.339 e. The number of aromatic nitrogens is 3. The summed E-state index contributed by atoms with van der Waals surface area (Å²) in [7, 11) is 0. The Balaban J connectivity index is 2.08. The molecule has 0 saturated carbocycles. The largest absolute Gasteiger partial charge is 0.478 e. The third-order valence-corrected chi connectivity index (χ3v) is 3.37. The second-order valence-corrected chi connectivity index (χ2v) is 4.75. The summed E-state index contributed by atoms with van der Waals surface area (Å²) in [6, 6.07) is 1.64. The molecule has 20 heavy (non-hydrogen) atoms. The fraction of sp³-hybridized carbons (Fsp3) is 0.417. The number of anilines is 2. The minimum Gasteiger partial charge on any atom is -0.478 e. The second-order valence-electron chi connectivity index (χ2n) is 4.75. The van der Waals surface area contributed by atoms with Crippen molar-refractivity contribution in [2.75, 3.05) is 36.8 Å². The molecule has 2 aromatic heterocycles. The molecule has 2 aromatic rings. The predicted molar refractivity (Wildman–Crippen MR) is 74.1 cm³/mol. The molecule has 0 unspecified atom stereocenters. The van der Waals surface area contributed by atoms with E-state index in [1.165, 1.54) is 4.52 Å². The molecule has 0 radical (unpaired) electrons. The first-order valence-electron chi connectivity index (χ1n) is 6.50. The van der Waals surface area contributed by atoms with Crippen LogP contribution in [0.1, 0.15) is 16.8 Å². The van der Waals surface area contributed by atoms with Crippen LogP contribution in [0.2, 0.25) is 0 Å². The number of hydrogen-bond donors (Lipinski definition) is 3. The number of nitrogens with zero attached hydrogens (tertiary/aromatic N) is 4. The summed E-state index contributed by atoms with van der Waals surface area (Å²) >= 11 is 0. The van der Waals surface area contributed by atoms with E-state index in [-0.39, 0.29) is 17.2 Å². The number of hydrogen-bond acceptors (Lipinski definition) is 6. The van der Waals surface area contributed by atoms with E-state index in [1.807, 2.05) is 0 Å². The molecule has 0 amide bonds. The van der Waals surface area contributed by atoms with E-state index in [4.69, 9.17) is 5.73 Å². The van der Waals surface area contributed by atoms with Crippen molar-refractivity contribution in [3.63, 3.8) is 0 Å². The summed E-state index contributed by atoms with van der Waals surface area (Å²) in [5, 5.41) is 16.6. The van der Waals surface area contributed by atoms with Gasteiger partial charge >= 0.3 is 5.97 Å². The van der Waals surface area contributed by atoms with Gasteiger partial charge in [0, 0.05) is 19.6 Å². The predicted octanol–water partition coefficient (Wildman–Crippen LogP) is -0.191. The zero-order valence-electron chi connectivity index (χ0n) is 10.9. The molecule has 0 bridgehead atoms. The van der Waals surface area contributed by atoms with Gasteiger partial charge in [0.25, 0.3) is 0 Å². The van der Waals surface area contributed by atoms with Crippen LogP contribution in [0.25, 0.3) is 5.65 Å². The normalized spacial score (nSPS) is 16.3. The van der Waals surface area contributed by atoms with Gasteiger partial charge in [-0.05, 0) is 19.0 Å². The van der Waals surface area contributed by atoms with Crippen molar-refractivity contribution >= 4 is 23.3 Å². The summed E-state index contributed by atoms with van der Waals surface area (Å²) < 4.78 is 1.44. The van der Waals surface area contributed by atoms with E-state index >= 15 is 0 Å². The fourth-order valence-electron chi connectivity index (χ4n) is 2.42. The van der Waals surface area contributed by atoms with Crippen LogP contribution < -0.4 is 16.0 Å². The molecule has 1 aliphatic heterocycles. The first kappa shape index (κ1) is 12.7. The number of rotatable bonds is 2. The minimum atomic E-state index is -1.03. The zero-order chi connectivity index (χ0) is 14.1. The Morgan fingerprint density at radius 2 is 2.25 bits per heavy atom. The van der Waals surface area contributed by atoms with E-state index in [0.29, 0.717) is 0 Å². The third kappa shape index (κ3) is 2.25. The Hall–Kier alpha value is -2.35. The van der Waals surface area contributed by atoms with Crippen molar-refractivity contribution < 1.29 is 9.90 Å². The average molecular weight is 276 g/mol. The van der Waals surface area contributed by atoms with E-state index in [9.17, 15) is 9.90 Å². The van der Waals surface area contributed by atoms with Crippen LogP contribution >= 0.6 is 0 Å². The van der Waals surface area contributed by atoms with Crippen molar-refractivity contribution in [2.24, 2.45) is 0 Å². The van der Waals surface area contributed by atoms with Gasteiger partial charge in [0.2, 0.25) is 5.95 Å². The number of nitrogen functional groups attached to an aromatic ring is 1. The van der Waals surface area contributed by atoms with Gasteiger partial charge in [-0.3, -0.25) is 0 Å². The van der Waals surface area contributed by atoms with Gasteiger partial charge in [0.05, 0.1) is 11.9 Å². The molecule has 3 rings (SSSR count). The Morgan fingerprint density at radius 1 is 1.40 bits per heavy atom. The lowest BCUT2D eigenvalue weighted by molar-refractivity contribution is 0.0698. The monoisotopic (exact) mass is 276 g/mol. The third-order valence-electron chi connectivity index (χ3n) is 3.37. The summed E-state index contributed by atoms with van der Waals surface area (Å²) in [6.45, 7) is 3.55. The molecular formula is C12H16N6O2. The molecule has 8 heteroatoms. The van der Waals surface area contributed by atoms with Crippen molar-refractivity contribution in [1.82, 2.24) is 19.9 Å². The number of pyridine rings is 1. The van der Waals surface area contributed by atoms with Crippen LogP contribution in [0.5, 0.6) is 0 Å². The standard InChI is InChI=1S/C12H16N6O2/c13-12-15-10-9(11(19)20)6-8(7-18(10)16-12)17-4-1-2-14-3-5-17/h6-7,14H,1-5H2,(H2,13,16)(H,19,20). The maximum absolute atomic E-state index is 11.4. The van der Waals surface area contributed by atoms with Gasteiger partial charge in [0.1, 0.15) is 5.56 Å². The molecule has 8 nitrogen and oxygen atoms in total. The summed E-state index contributed by atoms with van der Waals surface area (Å²) in [6.07, 6.45) is 2.79. The molecule has 106 valence electrons. The minimum absolute atomic E-state index is 0.0715. The highest BCUT2D eigenvalue weighted by Gasteiger charge is 2.18. The van der Waals surface area contributed by atoms with Crippen LogP contribution in [-0.4, -0.2) is 51.9 Å². The van der Waals surface area contributed by atoms with Crippen LogP contribution in [0.4, 0.5) is 11.6 Å². The van der Waals surface area contributed by atoms with Crippen molar-refractivity contribution in [3.05, 3.63) is 17.8 Å². The molecule has 4 N–H and O–H groups in total. The number of carbonyl (C=O) groups is 1. The van der Waals surface area contributed by atoms with Crippen molar-refractivity contribution in [2.45, 2.75) is 6.42 Å². The zero-order valence-corrected chi connectivity index (χ0v) is 10.9. The highest BCUT2D eigenvalue weighted by Crippen LogP contribution is 2.21. The van der Waals surface area contributed by atoms with Crippen LogP contribution in [0, 0.1) is 0 Å². The SMILES string of the molecule is Nc1nc2c(C(=O)O)cc(N3CCCNCC3)cn2n1. The second kappa shape index (κ2) is 4.97. The van der Waals surface area contributed by atoms with Gasteiger partial charge in [-0.2, -0.15) is 4.98 Å². The quantitative estimate of drug-likeness (QED) is 0.697. The summed E-state index contributed by atoms with van der Waals surface area (Å²) in [4.78, 5) is 17.5. The Bertz CT molecular complexity index is 645. The summed E-state index contributed by atoms with van der Waals surface area (Å²) in [5.41, 5.74) is 6.76. The first-order chi connectivity index (χ1) is 9.65. The topological polar surface area (TPSA) is 109 Å². The highest BCUT2D eigenvalue weighted by atomic mass is 16.4. The molecule has 0 spiro atoms. The van der Waals surface area contributed by atoms with E-state index in [1.54, 1.807) is 12.3 Å². The lowest BCUT2D eigenvalue weighted by Gasteiger charge is -2.22.